The average molecular weight is 342 g/mol. The number of carboxylic acid groups (broad SMARTS) is 1. The summed E-state index contributed by atoms with van der Waals surface area (Å²) in [6, 6.07) is 0. The van der Waals surface area contributed by atoms with Crippen molar-refractivity contribution in [2.45, 2.75) is 110 Å². The molecule has 1 fully saturated rings. The molecule has 1 atom stereocenters. The molecule has 4 nitrogen and oxygen atoms in total. The Morgan fingerprint density at radius 2 is 1.54 bits per heavy atom. The number of carbonyl (C=O) groups is 1. The first kappa shape index (κ1) is 21.4. The van der Waals surface area contributed by atoms with Crippen molar-refractivity contribution in [1.82, 2.24) is 4.90 Å². The van der Waals surface area contributed by atoms with Gasteiger partial charge in [-0.05, 0) is 59.8 Å². The van der Waals surface area contributed by atoms with Crippen molar-refractivity contribution in [2.75, 3.05) is 6.54 Å². The van der Waals surface area contributed by atoms with E-state index in [-0.39, 0.29) is 17.2 Å². The molecule has 0 spiro atoms. The second kappa shape index (κ2) is 9.19. The molecule has 24 heavy (non-hydrogen) atoms. The zero-order valence-corrected chi connectivity index (χ0v) is 16.5. The predicted octanol–water partition coefficient (Wildman–Crippen LogP) is 4.45. The number of unbranched alkanes of at least 4 members (excludes halogenated alkanes) is 4. The Kier molecular flexibility index (Phi) is 8.21. The molecule has 0 aromatic heterocycles. The molecule has 0 radical (unpaired) electrons. The van der Waals surface area contributed by atoms with Crippen LogP contribution in [-0.2, 0) is 4.79 Å². The van der Waals surface area contributed by atoms with Crippen molar-refractivity contribution in [3.8, 4) is 0 Å². The minimum Gasteiger partial charge on any atom is -0.481 e. The summed E-state index contributed by atoms with van der Waals surface area (Å²) in [7, 11) is 0. The molecule has 1 rings (SSSR count). The van der Waals surface area contributed by atoms with E-state index in [4.69, 9.17) is 5.11 Å². The third kappa shape index (κ3) is 7.10. The van der Waals surface area contributed by atoms with Crippen LogP contribution in [0, 0.1) is 5.92 Å². The van der Waals surface area contributed by atoms with Crippen LogP contribution in [0.4, 0.5) is 0 Å². The number of likely N-dealkylation sites (tertiary alicyclic amines) is 1. The maximum absolute atomic E-state index is 10.5. The van der Waals surface area contributed by atoms with Crippen molar-refractivity contribution >= 4 is 5.97 Å². The van der Waals surface area contributed by atoms with Gasteiger partial charge >= 0.3 is 5.97 Å². The van der Waals surface area contributed by atoms with Gasteiger partial charge < -0.3 is 10.2 Å². The van der Waals surface area contributed by atoms with E-state index in [0.29, 0.717) is 6.42 Å². The molecule has 1 saturated heterocycles. The SMILES string of the molecule is CC(O)CN1C(C)(C)CC(CCCCCCCC(=O)O)CC1(C)C. The van der Waals surface area contributed by atoms with E-state index in [9.17, 15) is 9.90 Å². The molecule has 1 unspecified atom stereocenters. The quantitative estimate of drug-likeness (QED) is 0.576. The number of β-amino-alcohol motifs (C(OH)–C–C–N with tert-alkyl or cyclic N) is 1. The molecule has 4 heteroatoms. The number of hydrogen-bond acceptors (Lipinski definition) is 3. The molecule has 2 N–H and O–H groups in total. The van der Waals surface area contributed by atoms with Crippen LogP contribution in [0.5, 0.6) is 0 Å². The summed E-state index contributed by atoms with van der Waals surface area (Å²) in [4.78, 5) is 13.0. The molecule has 0 amide bonds. The molecule has 1 heterocycles. The molecule has 1 aliphatic heterocycles. The van der Waals surface area contributed by atoms with Gasteiger partial charge in [-0.1, -0.05) is 32.1 Å². The Bertz CT molecular complexity index is 372. The van der Waals surface area contributed by atoms with Gasteiger partial charge in [-0.3, -0.25) is 9.69 Å². The number of piperidine rings is 1. The molecule has 0 aromatic rings. The number of rotatable bonds is 10. The Morgan fingerprint density at radius 1 is 1.04 bits per heavy atom. The zero-order valence-electron chi connectivity index (χ0n) is 16.5. The Balaban J connectivity index is 2.37. The fraction of sp³-hybridized carbons (Fsp3) is 0.950. The second-order valence-electron chi connectivity index (χ2n) is 9.06. The minimum atomic E-state index is -0.677. The van der Waals surface area contributed by atoms with Crippen LogP contribution in [0.2, 0.25) is 0 Å². The normalized spacial score (nSPS) is 22.4. The van der Waals surface area contributed by atoms with Gasteiger partial charge in [0, 0.05) is 24.0 Å². The number of hydrogen-bond donors (Lipinski definition) is 2. The molecule has 142 valence electrons. The van der Waals surface area contributed by atoms with E-state index in [1.54, 1.807) is 0 Å². The summed E-state index contributed by atoms with van der Waals surface area (Å²) in [5.41, 5.74) is 0.260. The van der Waals surface area contributed by atoms with Crippen molar-refractivity contribution in [1.29, 1.82) is 0 Å². The van der Waals surface area contributed by atoms with E-state index in [1.807, 2.05) is 6.92 Å². The van der Waals surface area contributed by atoms with Crippen molar-refractivity contribution < 1.29 is 15.0 Å². The van der Waals surface area contributed by atoms with Crippen molar-refractivity contribution in [2.24, 2.45) is 5.92 Å². The van der Waals surface area contributed by atoms with E-state index in [1.165, 1.54) is 32.1 Å². The van der Waals surface area contributed by atoms with Crippen molar-refractivity contribution in [3.05, 3.63) is 0 Å². The van der Waals surface area contributed by atoms with Gasteiger partial charge in [-0.25, -0.2) is 0 Å². The first-order valence-corrected chi connectivity index (χ1v) is 9.72. The summed E-state index contributed by atoms with van der Waals surface area (Å²) >= 11 is 0. The van der Waals surface area contributed by atoms with Gasteiger partial charge in [0.25, 0.3) is 0 Å². The number of nitrogens with zero attached hydrogens (tertiary/aromatic N) is 1. The predicted molar refractivity (Wildman–Crippen MR) is 99.2 cm³/mol. The lowest BCUT2D eigenvalue weighted by Gasteiger charge is -2.56. The van der Waals surface area contributed by atoms with Gasteiger partial charge in [0.15, 0.2) is 0 Å². The zero-order chi connectivity index (χ0) is 18.4. The highest BCUT2D eigenvalue weighted by molar-refractivity contribution is 5.66. The third-order valence-electron chi connectivity index (χ3n) is 5.49. The third-order valence-corrected chi connectivity index (χ3v) is 5.49. The number of aliphatic hydroxyl groups is 1. The monoisotopic (exact) mass is 341 g/mol. The summed E-state index contributed by atoms with van der Waals surface area (Å²) in [6.45, 7) is 11.9. The van der Waals surface area contributed by atoms with Crippen molar-refractivity contribution in [3.63, 3.8) is 0 Å². The Labute approximate surface area is 148 Å². The van der Waals surface area contributed by atoms with E-state index >= 15 is 0 Å². The lowest BCUT2D eigenvalue weighted by atomic mass is 9.72. The maximum Gasteiger partial charge on any atom is 0.303 e. The lowest BCUT2D eigenvalue weighted by Crippen LogP contribution is -2.62. The van der Waals surface area contributed by atoms with E-state index in [2.05, 4.69) is 32.6 Å². The molecule has 0 bridgehead atoms. The van der Waals surface area contributed by atoms with E-state index < -0.39 is 5.97 Å². The van der Waals surface area contributed by atoms with Crippen LogP contribution in [0.25, 0.3) is 0 Å². The average Bonchev–Trinajstić information content (AvgIpc) is 2.40. The topological polar surface area (TPSA) is 60.8 Å². The molecular weight excluding hydrogens is 302 g/mol. The van der Waals surface area contributed by atoms with Gasteiger partial charge in [0.05, 0.1) is 6.10 Å². The first-order valence-electron chi connectivity index (χ1n) is 9.72. The molecule has 1 aliphatic rings. The minimum absolute atomic E-state index is 0.130. The maximum atomic E-state index is 10.5. The highest BCUT2D eigenvalue weighted by Gasteiger charge is 2.44. The smallest absolute Gasteiger partial charge is 0.303 e. The van der Waals surface area contributed by atoms with Gasteiger partial charge in [-0.15, -0.1) is 0 Å². The van der Waals surface area contributed by atoms with Crippen LogP contribution in [0.3, 0.4) is 0 Å². The number of aliphatic hydroxyl groups excluding tert-OH is 1. The summed E-state index contributed by atoms with van der Waals surface area (Å²) in [5, 5.41) is 18.5. The fourth-order valence-electron chi connectivity index (χ4n) is 4.73. The lowest BCUT2D eigenvalue weighted by molar-refractivity contribution is -0.137. The molecule has 0 saturated carbocycles. The largest absolute Gasteiger partial charge is 0.481 e. The standard InChI is InChI=1S/C20H39NO3/c1-16(22)15-21-19(2,3)13-17(14-20(21,4)5)11-9-7-6-8-10-12-18(23)24/h16-17,22H,6-15H2,1-5H3,(H,23,24). The molecular formula is C20H39NO3. The number of carboxylic acids is 1. The highest BCUT2D eigenvalue weighted by atomic mass is 16.4. The van der Waals surface area contributed by atoms with E-state index in [0.717, 1.165) is 31.7 Å². The van der Waals surface area contributed by atoms with Crippen LogP contribution in [0.15, 0.2) is 0 Å². The fourth-order valence-corrected chi connectivity index (χ4v) is 4.73. The summed E-state index contributed by atoms with van der Waals surface area (Å²) < 4.78 is 0. The summed E-state index contributed by atoms with van der Waals surface area (Å²) in [5.74, 6) is 0.0719. The summed E-state index contributed by atoms with van der Waals surface area (Å²) in [6.07, 6.45) is 9.16. The first-order chi connectivity index (χ1) is 11.0. The van der Waals surface area contributed by atoms with Gasteiger partial charge in [-0.2, -0.15) is 0 Å². The molecule has 0 aromatic carbocycles. The number of aliphatic carboxylic acids is 1. The van der Waals surface area contributed by atoms with Crippen LogP contribution >= 0.6 is 0 Å². The van der Waals surface area contributed by atoms with Crippen LogP contribution in [0.1, 0.15) is 92.4 Å². The highest BCUT2D eigenvalue weighted by Crippen LogP contribution is 2.43. The van der Waals surface area contributed by atoms with Gasteiger partial charge in [0.2, 0.25) is 0 Å². The molecule has 0 aliphatic carbocycles. The van der Waals surface area contributed by atoms with Gasteiger partial charge in [0.1, 0.15) is 0 Å². The Hall–Kier alpha value is -0.610. The second-order valence-corrected chi connectivity index (χ2v) is 9.06. The van der Waals surface area contributed by atoms with Crippen LogP contribution < -0.4 is 0 Å². The Morgan fingerprint density at radius 3 is 2.04 bits per heavy atom. The van der Waals surface area contributed by atoms with Crippen LogP contribution in [-0.4, -0.2) is 44.8 Å².